The summed E-state index contributed by atoms with van der Waals surface area (Å²) in [4.78, 5) is 42.7. The van der Waals surface area contributed by atoms with E-state index in [1.165, 1.54) is 0 Å². The van der Waals surface area contributed by atoms with Crippen molar-refractivity contribution in [2.45, 2.75) is 71.6 Å². The van der Waals surface area contributed by atoms with E-state index in [2.05, 4.69) is 10.6 Å². The molecular formula is C33H43N3O4S. The van der Waals surface area contributed by atoms with Crippen molar-refractivity contribution in [3.05, 3.63) is 77.9 Å². The van der Waals surface area contributed by atoms with Crippen LogP contribution in [0.1, 0.15) is 64.1 Å². The first-order valence-corrected chi connectivity index (χ1v) is 15.6. The zero-order chi connectivity index (χ0) is 30.0. The van der Waals surface area contributed by atoms with Crippen molar-refractivity contribution in [3.8, 4) is 0 Å². The lowest BCUT2D eigenvalue weighted by Crippen LogP contribution is -2.52. The third kappa shape index (κ3) is 9.52. The summed E-state index contributed by atoms with van der Waals surface area (Å²) in [7, 11) is 0. The van der Waals surface area contributed by atoms with E-state index in [9.17, 15) is 14.4 Å². The number of benzene rings is 3. The highest BCUT2D eigenvalue weighted by Crippen LogP contribution is 2.27. The molecule has 8 heteroatoms. The molecule has 0 spiro atoms. The van der Waals surface area contributed by atoms with Gasteiger partial charge in [0.1, 0.15) is 17.7 Å². The van der Waals surface area contributed by atoms with Crippen LogP contribution in [0.2, 0.25) is 0 Å². The Bertz CT molecular complexity index is 1320. The number of thioether (sulfide) groups is 1. The molecular weight excluding hydrogens is 534 g/mol. The number of rotatable bonds is 12. The van der Waals surface area contributed by atoms with E-state index in [-0.39, 0.29) is 11.8 Å². The largest absolute Gasteiger partial charge is 0.444 e. The molecule has 0 aliphatic heterocycles. The summed E-state index contributed by atoms with van der Waals surface area (Å²) in [5.74, 6) is 0.0406. The number of nitrogens with one attached hydrogen (secondary N) is 2. The van der Waals surface area contributed by atoms with Crippen LogP contribution >= 0.6 is 11.8 Å². The molecule has 0 saturated carbocycles. The fourth-order valence-corrected chi connectivity index (χ4v) is 5.01. The second kappa shape index (κ2) is 14.9. The first kappa shape index (κ1) is 32.0. The van der Waals surface area contributed by atoms with Crippen molar-refractivity contribution in [1.29, 1.82) is 0 Å². The number of amides is 3. The van der Waals surface area contributed by atoms with Crippen LogP contribution in [0.4, 0.5) is 10.5 Å². The van der Waals surface area contributed by atoms with Gasteiger partial charge in [-0.15, -0.1) is 0 Å². The van der Waals surface area contributed by atoms with Crippen LogP contribution in [-0.4, -0.2) is 53.0 Å². The first-order valence-electron chi connectivity index (χ1n) is 14.2. The molecule has 2 atom stereocenters. The molecule has 7 nitrogen and oxygen atoms in total. The van der Waals surface area contributed by atoms with Gasteiger partial charge in [-0.1, -0.05) is 73.5 Å². The Labute approximate surface area is 248 Å². The second-order valence-corrected chi connectivity index (χ2v) is 12.2. The number of carbonyl (C=O) groups is 3. The van der Waals surface area contributed by atoms with Crippen molar-refractivity contribution in [2.75, 3.05) is 23.9 Å². The molecule has 2 unspecified atom stereocenters. The number of aryl methyl sites for hydroxylation is 1. The quantitative estimate of drug-likeness (QED) is 0.240. The molecule has 0 heterocycles. The average Bonchev–Trinajstić information content (AvgIpc) is 2.92. The lowest BCUT2D eigenvalue weighted by molar-refractivity contribution is -0.141. The van der Waals surface area contributed by atoms with E-state index in [1.807, 2.05) is 86.8 Å². The molecule has 0 aromatic heterocycles. The van der Waals surface area contributed by atoms with Gasteiger partial charge in [0.15, 0.2) is 0 Å². The normalized spacial score (nSPS) is 12.8. The minimum absolute atomic E-state index is 0.308. The van der Waals surface area contributed by atoms with Crippen molar-refractivity contribution in [2.24, 2.45) is 0 Å². The summed E-state index contributed by atoms with van der Waals surface area (Å²) < 4.78 is 5.47. The van der Waals surface area contributed by atoms with Crippen LogP contribution in [-0.2, 0) is 14.3 Å². The van der Waals surface area contributed by atoms with Gasteiger partial charge in [-0.05, 0) is 81.0 Å². The summed E-state index contributed by atoms with van der Waals surface area (Å²) in [5, 5.41) is 7.94. The maximum atomic E-state index is 14.2. The zero-order valence-corrected chi connectivity index (χ0v) is 25.8. The predicted molar refractivity (Wildman–Crippen MR) is 169 cm³/mol. The SMILES string of the molecule is CCCCN(C(=O)C(CCSC)NC(=O)OC(C)(C)C)C(C(=O)Nc1ccc2ccccc2c1)c1ccc(C)cc1. The second-order valence-electron chi connectivity index (χ2n) is 11.2. The number of nitrogens with zero attached hydrogens (tertiary/aromatic N) is 1. The summed E-state index contributed by atoms with van der Waals surface area (Å²) in [6.45, 7) is 9.74. The third-order valence-corrected chi connectivity index (χ3v) is 7.25. The number of hydrogen-bond donors (Lipinski definition) is 2. The fraction of sp³-hybridized carbons (Fsp3) is 0.424. The minimum Gasteiger partial charge on any atom is -0.444 e. The van der Waals surface area contributed by atoms with Gasteiger partial charge in [-0.25, -0.2) is 4.79 Å². The van der Waals surface area contributed by atoms with E-state index in [4.69, 9.17) is 4.74 Å². The lowest BCUT2D eigenvalue weighted by atomic mass is 10.0. The predicted octanol–water partition coefficient (Wildman–Crippen LogP) is 7.10. The smallest absolute Gasteiger partial charge is 0.408 e. The Morgan fingerprint density at radius 1 is 0.976 bits per heavy atom. The average molecular weight is 578 g/mol. The molecule has 0 saturated heterocycles. The number of fused-ring (bicyclic) bond motifs is 1. The molecule has 0 radical (unpaired) electrons. The highest BCUT2D eigenvalue weighted by Gasteiger charge is 2.36. The summed E-state index contributed by atoms with van der Waals surface area (Å²) >= 11 is 1.59. The van der Waals surface area contributed by atoms with Crippen LogP contribution in [0.25, 0.3) is 10.8 Å². The molecule has 41 heavy (non-hydrogen) atoms. The number of anilines is 1. The van der Waals surface area contributed by atoms with E-state index < -0.39 is 23.8 Å². The minimum atomic E-state index is -0.890. The Morgan fingerprint density at radius 2 is 1.66 bits per heavy atom. The topological polar surface area (TPSA) is 87.7 Å². The van der Waals surface area contributed by atoms with Gasteiger partial charge in [0.25, 0.3) is 5.91 Å². The molecule has 3 aromatic rings. The summed E-state index contributed by atoms with van der Waals surface area (Å²) in [5.41, 5.74) is 1.71. The molecule has 0 bridgehead atoms. The van der Waals surface area contributed by atoms with Crippen molar-refractivity contribution >= 4 is 46.1 Å². The fourth-order valence-electron chi connectivity index (χ4n) is 4.54. The molecule has 3 amide bonds. The van der Waals surface area contributed by atoms with Crippen LogP contribution in [0, 0.1) is 6.92 Å². The first-order chi connectivity index (χ1) is 19.5. The van der Waals surface area contributed by atoms with Crippen LogP contribution in [0.5, 0.6) is 0 Å². The van der Waals surface area contributed by atoms with Crippen LogP contribution in [0.3, 0.4) is 0 Å². The van der Waals surface area contributed by atoms with E-state index in [0.717, 1.165) is 22.8 Å². The number of carbonyl (C=O) groups excluding carboxylic acids is 3. The molecule has 3 rings (SSSR count). The highest BCUT2D eigenvalue weighted by atomic mass is 32.2. The zero-order valence-electron chi connectivity index (χ0n) is 25.0. The molecule has 2 N–H and O–H groups in total. The summed E-state index contributed by atoms with van der Waals surface area (Å²) in [6.07, 6.45) is 3.26. The Hall–Kier alpha value is -3.52. The number of ether oxygens (including phenoxy) is 1. The van der Waals surface area contributed by atoms with E-state index >= 15 is 0 Å². The van der Waals surface area contributed by atoms with Crippen molar-refractivity contribution in [1.82, 2.24) is 10.2 Å². The lowest BCUT2D eigenvalue weighted by Gasteiger charge is -2.34. The molecule has 220 valence electrons. The van der Waals surface area contributed by atoms with Gasteiger partial charge >= 0.3 is 6.09 Å². The van der Waals surface area contributed by atoms with Gasteiger partial charge in [0, 0.05) is 12.2 Å². The maximum Gasteiger partial charge on any atom is 0.408 e. The van der Waals surface area contributed by atoms with Crippen molar-refractivity contribution < 1.29 is 19.1 Å². The third-order valence-electron chi connectivity index (χ3n) is 6.61. The van der Waals surface area contributed by atoms with Gasteiger partial charge in [0.05, 0.1) is 0 Å². The maximum absolute atomic E-state index is 14.2. The number of hydrogen-bond acceptors (Lipinski definition) is 5. The molecule has 0 aliphatic rings. The number of alkyl carbamates (subject to hydrolysis) is 1. The van der Waals surface area contributed by atoms with Gasteiger partial charge < -0.3 is 20.3 Å². The molecule has 0 aliphatic carbocycles. The number of unbranched alkanes of at least 4 members (excludes halogenated alkanes) is 1. The van der Waals surface area contributed by atoms with Crippen LogP contribution in [0.15, 0.2) is 66.7 Å². The Kier molecular flexibility index (Phi) is 11.6. The Balaban J connectivity index is 2.00. The van der Waals surface area contributed by atoms with Gasteiger partial charge in [-0.2, -0.15) is 11.8 Å². The van der Waals surface area contributed by atoms with E-state index in [0.29, 0.717) is 36.4 Å². The molecule has 0 fully saturated rings. The molecule has 3 aromatic carbocycles. The standard InChI is InChI=1S/C33H43N3O4S/c1-7-8-20-36(31(38)28(19-21-41-6)35-32(39)40-33(3,4)5)29(25-15-13-23(2)14-16-25)30(37)34-27-18-17-24-11-9-10-12-26(24)22-27/h9-18,22,28-29H,7-8,19-21H2,1-6H3,(H,34,37)(H,35,39). The monoisotopic (exact) mass is 577 g/mol. The highest BCUT2D eigenvalue weighted by molar-refractivity contribution is 7.98. The van der Waals surface area contributed by atoms with Crippen LogP contribution < -0.4 is 10.6 Å². The Morgan fingerprint density at radius 3 is 2.29 bits per heavy atom. The van der Waals surface area contributed by atoms with Gasteiger partial charge in [-0.3, -0.25) is 9.59 Å². The summed E-state index contributed by atoms with van der Waals surface area (Å²) in [6, 6.07) is 19.7. The van der Waals surface area contributed by atoms with E-state index in [1.54, 1.807) is 37.4 Å². The van der Waals surface area contributed by atoms with Gasteiger partial charge in [0.2, 0.25) is 5.91 Å². The van der Waals surface area contributed by atoms with Crippen molar-refractivity contribution in [3.63, 3.8) is 0 Å².